The zero-order valence-corrected chi connectivity index (χ0v) is 16.8. The molecule has 138 valence electrons. The van der Waals surface area contributed by atoms with Crippen LogP contribution in [0.25, 0.3) is 0 Å². The first kappa shape index (κ1) is 19.8. The Labute approximate surface area is 155 Å². The molecule has 1 atom stereocenters. The third kappa shape index (κ3) is 4.98. The van der Waals surface area contributed by atoms with Crippen molar-refractivity contribution < 1.29 is 0 Å². The molecule has 0 radical (unpaired) electrons. The Balaban J connectivity index is 2.04. The lowest BCUT2D eigenvalue weighted by Gasteiger charge is -2.26. The number of hydrogen-bond donors (Lipinski definition) is 0. The highest BCUT2D eigenvalue weighted by Crippen LogP contribution is 2.43. The minimum absolute atomic E-state index is 0.147. The Morgan fingerprint density at radius 3 is 2.36 bits per heavy atom. The van der Waals surface area contributed by atoms with Crippen molar-refractivity contribution in [1.82, 2.24) is 4.90 Å². The molecular weight excluding hydrogens is 304 g/mol. The molecule has 1 aliphatic rings. The van der Waals surface area contributed by atoms with Crippen LogP contribution in [0.4, 0.5) is 5.69 Å². The van der Waals surface area contributed by atoms with Gasteiger partial charge in [0.15, 0.2) is 0 Å². The third-order valence-corrected chi connectivity index (χ3v) is 5.54. The zero-order chi connectivity index (χ0) is 18.4. The van der Waals surface area contributed by atoms with Gasteiger partial charge in [-0.25, -0.2) is 0 Å². The lowest BCUT2D eigenvalue weighted by molar-refractivity contribution is 0.262. The molecule has 1 heterocycles. The van der Waals surface area contributed by atoms with Crippen molar-refractivity contribution in [3.05, 3.63) is 54.3 Å². The number of unbranched alkanes of at least 4 members (excludes halogenated alkanes) is 1. The first-order valence-corrected chi connectivity index (χ1v) is 9.82. The number of benzene rings is 1. The quantitative estimate of drug-likeness (QED) is 0.508. The van der Waals surface area contributed by atoms with Crippen LogP contribution in [0, 0.1) is 5.41 Å². The highest BCUT2D eigenvalue weighted by molar-refractivity contribution is 5.55. The van der Waals surface area contributed by atoms with Gasteiger partial charge in [0.05, 0.1) is 0 Å². The predicted molar refractivity (Wildman–Crippen MR) is 111 cm³/mol. The maximum absolute atomic E-state index is 4.30. The van der Waals surface area contributed by atoms with E-state index in [2.05, 4.69) is 74.9 Å². The molecule has 1 aliphatic heterocycles. The lowest BCUT2D eigenvalue weighted by Crippen LogP contribution is -2.26. The van der Waals surface area contributed by atoms with Crippen LogP contribution in [-0.4, -0.2) is 24.5 Å². The number of rotatable bonds is 9. The van der Waals surface area contributed by atoms with E-state index in [4.69, 9.17) is 0 Å². The van der Waals surface area contributed by atoms with Crippen molar-refractivity contribution in [1.29, 1.82) is 0 Å². The van der Waals surface area contributed by atoms with Crippen molar-refractivity contribution in [3.63, 3.8) is 0 Å². The molecule has 0 bridgehead atoms. The average molecular weight is 341 g/mol. The van der Waals surface area contributed by atoms with Crippen molar-refractivity contribution in [3.8, 4) is 0 Å². The fourth-order valence-electron chi connectivity index (χ4n) is 3.63. The Morgan fingerprint density at radius 2 is 1.84 bits per heavy atom. The maximum Gasteiger partial charge on any atom is 0.0408 e. The highest BCUT2D eigenvalue weighted by Gasteiger charge is 2.37. The van der Waals surface area contributed by atoms with Crippen molar-refractivity contribution in [2.45, 2.75) is 59.9 Å². The monoisotopic (exact) mass is 340 g/mol. The maximum atomic E-state index is 4.30. The van der Waals surface area contributed by atoms with Crippen LogP contribution in [0.3, 0.4) is 0 Å². The van der Waals surface area contributed by atoms with E-state index in [0.29, 0.717) is 0 Å². The molecule has 0 amide bonds. The molecule has 1 aromatic carbocycles. The second kappa shape index (κ2) is 8.71. The standard InChI is InChI=1S/C23H36N2/c1-7-9-15-24(14-8-2)17-21-10-12-22(13-11-21)25-18-23(6,19(3)4)16-20(25)5/h10-13H,3,5,7-9,14-18H2,1-2,4,6H3. The molecule has 2 heteroatoms. The van der Waals surface area contributed by atoms with E-state index < -0.39 is 0 Å². The van der Waals surface area contributed by atoms with Gasteiger partial charge in [0.1, 0.15) is 0 Å². The van der Waals surface area contributed by atoms with E-state index in [9.17, 15) is 0 Å². The second-order valence-corrected chi connectivity index (χ2v) is 7.97. The molecule has 25 heavy (non-hydrogen) atoms. The van der Waals surface area contributed by atoms with Crippen LogP contribution in [0.1, 0.15) is 58.9 Å². The molecule has 0 saturated carbocycles. The molecule has 0 N–H and O–H groups in total. The van der Waals surface area contributed by atoms with Crippen molar-refractivity contribution in [2.24, 2.45) is 5.41 Å². The molecular formula is C23H36N2. The molecule has 1 saturated heterocycles. The molecule has 1 fully saturated rings. The van der Waals surface area contributed by atoms with Gasteiger partial charge in [0.2, 0.25) is 0 Å². The topological polar surface area (TPSA) is 6.48 Å². The second-order valence-electron chi connectivity index (χ2n) is 7.97. The van der Waals surface area contributed by atoms with Gasteiger partial charge < -0.3 is 4.90 Å². The van der Waals surface area contributed by atoms with E-state index >= 15 is 0 Å². The van der Waals surface area contributed by atoms with Crippen molar-refractivity contribution >= 4 is 5.69 Å². The minimum atomic E-state index is 0.147. The van der Waals surface area contributed by atoms with Crippen LogP contribution in [0.15, 0.2) is 48.7 Å². The van der Waals surface area contributed by atoms with Gasteiger partial charge in [0, 0.05) is 29.9 Å². The van der Waals surface area contributed by atoms with Gasteiger partial charge in [0.25, 0.3) is 0 Å². The molecule has 0 aromatic heterocycles. The Bertz CT molecular complexity index is 587. The summed E-state index contributed by atoms with van der Waals surface area (Å²) in [4.78, 5) is 4.94. The van der Waals surface area contributed by atoms with E-state index in [-0.39, 0.29) is 5.41 Å². The number of nitrogens with zero attached hydrogens (tertiary/aromatic N) is 2. The lowest BCUT2D eigenvalue weighted by atomic mass is 9.83. The molecule has 0 spiro atoms. The van der Waals surface area contributed by atoms with Gasteiger partial charge in [-0.1, -0.05) is 58.1 Å². The first-order chi connectivity index (χ1) is 11.9. The summed E-state index contributed by atoms with van der Waals surface area (Å²) in [6.45, 7) is 21.9. The largest absolute Gasteiger partial charge is 0.345 e. The normalized spacial score (nSPS) is 20.5. The minimum Gasteiger partial charge on any atom is -0.345 e. The van der Waals surface area contributed by atoms with Crippen molar-refractivity contribution in [2.75, 3.05) is 24.5 Å². The Morgan fingerprint density at radius 1 is 1.16 bits per heavy atom. The zero-order valence-electron chi connectivity index (χ0n) is 16.8. The molecule has 0 aliphatic carbocycles. The summed E-state index contributed by atoms with van der Waals surface area (Å²) in [7, 11) is 0. The average Bonchev–Trinajstić information content (AvgIpc) is 2.90. The fourth-order valence-corrected chi connectivity index (χ4v) is 3.63. The molecule has 1 aromatic rings. The summed E-state index contributed by atoms with van der Waals surface area (Å²) in [6, 6.07) is 9.09. The molecule has 2 rings (SSSR count). The summed E-state index contributed by atoms with van der Waals surface area (Å²) >= 11 is 0. The Hall–Kier alpha value is -1.54. The van der Waals surface area contributed by atoms with E-state index in [1.165, 1.54) is 54.9 Å². The fraction of sp³-hybridized carbons (Fsp3) is 0.565. The van der Waals surface area contributed by atoms with Crippen LogP contribution in [0.2, 0.25) is 0 Å². The van der Waals surface area contributed by atoms with Crippen LogP contribution in [-0.2, 0) is 6.54 Å². The Kier molecular flexibility index (Phi) is 6.89. The smallest absolute Gasteiger partial charge is 0.0408 e. The summed E-state index contributed by atoms with van der Waals surface area (Å²) in [5.41, 5.74) is 5.26. The van der Waals surface area contributed by atoms with E-state index in [1.807, 2.05) is 0 Å². The first-order valence-electron chi connectivity index (χ1n) is 9.82. The molecule has 1 unspecified atom stereocenters. The van der Waals surface area contributed by atoms with Gasteiger partial charge in [-0.2, -0.15) is 0 Å². The number of anilines is 1. The van der Waals surface area contributed by atoms with Crippen LogP contribution >= 0.6 is 0 Å². The van der Waals surface area contributed by atoms with E-state index in [1.54, 1.807) is 0 Å². The SMILES string of the molecule is C=C1CC(C)(C(=C)C)CN1c1ccc(CN(CCC)CCCC)cc1. The number of allylic oxidation sites excluding steroid dienone is 1. The van der Waals surface area contributed by atoms with Gasteiger partial charge >= 0.3 is 0 Å². The summed E-state index contributed by atoms with van der Waals surface area (Å²) in [6.07, 6.45) is 4.77. The van der Waals surface area contributed by atoms with Crippen LogP contribution in [0.5, 0.6) is 0 Å². The summed E-state index contributed by atoms with van der Waals surface area (Å²) in [5, 5.41) is 0. The summed E-state index contributed by atoms with van der Waals surface area (Å²) < 4.78 is 0. The van der Waals surface area contributed by atoms with Gasteiger partial charge in [-0.15, -0.1) is 0 Å². The highest BCUT2D eigenvalue weighted by atomic mass is 15.2. The third-order valence-electron chi connectivity index (χ3n) is 5.54. The number of hydrogen-bond acceptors (Lipinski definition) is 2. The van der Waals surface area contributed by atoms with Gasteiger partial charge in [-0.05, 0) is 57.0 Å². The molecule has 2 nitrogen and oxygen atoms in total. The van der Waals surface area contributed by atoms with E-state index in [0.717, 1.165) is 19.5 Å². The predicted octanol–water partition coefficient (Wildman–Crippen LogP) is 6.00. The van der Waals surface area contributed by atoms with Crippen LogP contribution < -0.4 is 4.90 Å². The summed E-state index contributed by atoms with van der Waals surface area (Å²) in [5.74, 6) is 0. The van der Waals surface area contributed by atoms with Gasteiger partial charge in [-0.3, -0.25) is 4.90 Å².